The first kappa shape index (κ1) is 24.8. The number of aliphatic imine (C=N–C) groups is 1. The summed E-state index contributed by atoms with van der Waals surface area (Å²) in [7, 11) is 0. The van der Waals surface area contributed by atoms with Crippen LogP contribution in [0.1, 0.15) is 42.9 Å². The van der Waals surface area contributed by atoms with Gasteiger partial charge in [-0.2, -0.15) is 0 Å². The van der Waals surface area contributed by atoms with Crippen molar-refractivity contribution in [2.75, 3.05) is 0 Å². The van der Waals surface area contributed by atoms with E-state index in [9.17, 15) is 0 Å². The van der Waals surface area contributed by atoms with Crippen LogP contribution in [0.2, 0.25) is 0 Å². The standard InChI is InChI=1S/C38H33N/c1-27(29-15-7-3-8-16-29)25-35(30-17-9-4-10-18-30)33-23-24-34-36(31-19-11-5-12-20-31)26-37(39-38(34)28(33)2)32-21-13-6-14-22-32/h3-9,11-17,19-23,25-26,34H,1,10,18,24H2,2H3/b35-25-. The van der Waals surface area contributed by atoms with Gasteiger partial charge < -0.3 is 0 Å². The largest absolute Gasteiger partial charge is 0.252 e. The molecule has 0 aromatic heterocycles. The van der Waals surface area contributed by atoms with Gasteiger partial charge in [0.05, 0.1) is 11.4 Å². The summed E-state index contributed by atoms with van der Waals surface area (Å²) < 4.78 is 0. The number of nitrogens with zero attached hydrogens (tertiary/aromatic N) is 1. The molecule has 2 aliphatic carbocycles. The van der Waals surface area contributed by atoms with Crippen LogP contribution in [0.4, 0.5) is 0 Å². The third-order valence-electron chi connectivity index (χ3n) is 7.87. The van der Waals surface area contributed by atoms with E-state index in [1.807, 2.05) is 0 Å². The first-order valence-electron chi connectivity index (χ1n) is 13.8. The van der Waals surface area contributed by atoms with Crippen molar-refractivity contribution in [3.63, 3.8) is 0 Å². The van der Waals surface area contributed by atoms with Crippen molar-refractivity contribution >= 4 is 16.9 Å². The number of allylic oxidation sites excluding steroid dienone is 12. The number of hydrogen-bond donors (Lipinski definition) is 0. The molecule has 39 heavy (non-hydrogen) atoms. The van der Waals surface area contributed by atoms with E-state index in [4.69, 9.17) is 4.99 Å². The van der Waals surface area contributed by atoms with Gasteiger partial charge in [0, 0.05) is 11.5 Å². The Balaban J connectivity index is 1.48. The molecule has 0 radical (unpaired) electrons. The SMILES string of the molecule is C=C(/C=C(/C1=CC=CCC1)C1=CCC2C(c3ccccc3)=CC(c3ccccc3)=NC2=C1C)c1ccccc1. The zero-order valence-electron chi connectivity index (χ0n) is 22.5. The lowest BCUT2D eigenvalue weighted by atomic mass is 9.75. The Morgan fingerprint density at radius 3 is 2.21 bits per heavy atom. The second-order valence-electron chi connectivity index (χ2n) is 10.4. The summed E-state index contributed by atoms with van der Waals surface area (Å²) in [4.78, 5) is 5.34. The van der Waals surface area contributed by atoms with Gasteiger partial charge in [0.25, 0.3) is 0 Å². The molecule has 0 saturated heterocycles. The van der Waals surface area contributed by atoms with E-state index in [1.165, 1.54) is 39.1 Å². The van der Waals surface area contributed by atoms with Crippen molar-refractivity contribution in [2.24, 2.45) is 10.9 Å². The zero-order chi connectivity index (χ0) is 26.6. The molecule has 190 valence electrons. The minimum Gasteiger partial charge on any atom is -0.252 e. The Hall–Kier alpha value is -4.49. The van der Waals surface area contributed by atoms with E-state index >= 15 is 0 Å². The Bertz CT molecular complexity index is 1600. The molecule has 0 N–H and O–H groups in total. The fourth-order valence-electron chi connectivity index (χ4n) is 5.81. The van der Waals surface area contributed by atoms with Gasteiger partial charge >= 0.3 is 0 Å². The molecule has 3 aromatic rings. The normalized spacial score (nSPS) is 19.0. The van der Waals surface area contributed by atoms with Crippen LogP contribution in [-0.2, 0) is 0 Å². The Labute approximate surface area is 232 Å². The lowest BCUT2D eigenvalue weighted by Gasteiger charge is -2.32. The third-order valence-corrected chi connectivity index (χ3v) is 7.87. The van der Waals surface area contributed by atoms with Crippen molar-refractivity contribution in [2.45, 2.75) is 26.2 Å². The molecule has 0 bridgehead atoms. The summed E-state index contributed by atoms with van der Waals surface area (Å²) in [6.45, 7) is 6.72. The molecule has 0 amide bonds. The highest BCUT2D eigenvalue weighted by molar-refractivity contribution is 6.14. The summed E-state index contributed by atoms with van der Waals surface area (Å²) in [6.07, 6.45) is 16.7. The van der Waals surface area contributed by atoms with Crippen molar-refractivity contribution < 1.29 is 0 Å². The average molecular weight is 504 g/mol. The molecule has 1 atom stereocenters. The molecular weight excluding hydrogens is 470 g/mol. The molecule has 1 nitrogen and oxygen atoms in total. The molecule has 1 heteroatoms. The summed E-state index contributed by atoms with van der Waals surface area (Å²) in [6, 6.07) is 31.8. The highest BCUT2D eigenvalue weighted by atomic mass is 14.8. The van der Waals surface area contributed by atoms with Gasteiger partial charge in [-0.05, 0) is 82.9 Å². The maximum Gasteiger partial charge on any atom is 0.0708 e. The zero-order valence-corrected chi connectivity index (χ0v) is 22.5. The first-order valence-corrected chi connectivity index (χ1v) is 13.8. The van der Waals surface area contributed by atoms with Crippen molar-refractivity contribution in [3.8, 4) is 0 Å². The van der Waals surface area contributed by atoms with Gasteiger partial charge in [-0.3, -0.25) is 4.99 Å². The number of rotatable bonds is 6. The van der Waals surface area contributed by atoms with E-state index < -0.39 is 0 Å². The minimum absolute atomic E-state index is 0.238. The van der Waals surface area contributed by atoms with E-state index in [1.54, 1.807) is 0 Å². The van der Waals surface area contributed by atoms with Crippen molar-refractivity contribution in [1.29, 1.82) is 0 Å². The molecule has 6 rings (SSSR count). The molecule has 1 unspecified atom stereocenters. The Morgan fingerprint density at radius 2 is 1.54 bits per heavy atom. The van der Waals surface area contributed by atoms with Crippen LogP contribution in [0, 0.1) is 5.92 Å². The number of hydrogen-bond acceptors (Lipinski definition) is 1. The smallest absolute Gasteiger partial charge is 0.0708 e. The molecule has 0 saturated carbocycles. The molecule has 0 fully saturated rings. The van der Waals surface area contributed by atoms with E-state index in [0.29, 0.717) is 0 Å². The van der Waals surface area contributed by atoms with Crippen LogP contribution in [-0.4, -0.2) is 5.71 Å². The van der Waals surface area contributed by atoms with Gasteiger partial charge in [-0.25, -0.2) is 0 Å². The lowest BCUT2D eigenvalue weighted by Crippen LogP contribution is -2.19. The van der Waals surface area contributed by atoms with Crippen molar-refractivity contribution in [3.05, 3.63) is 179 Å². The number of dihydropyridines is 1. The summed E-state index contributed by atoms with van der Waals surface area (Å²) in [5, 5.41) is 0. The van der Waals surface area contributed by atoms with Gasteiger partial charge in [0.1, 0.15) is 0 Å². The van der Waals surface area contributed by atoms with Crippen LogP contribution in [0.5, 0.6) is 0 Å². The molecule has 1 aliphatic heterocycles. The van der Waals surface area contributed by atoms with Gasteiger partial charge in [0.15, 0.2) is 0 Å². The molecule has 3 aliphatic rings. The maximum absolute atomic E-state index is 5.34. The first-order chi connectivity index (χ1) is 19.2. The van der Waals surface area contributed by atoms with Crippen LogP contribution >= 0.6 is 0 Å². The highest BCUT2D eigenvalue weighted by Gasteiger charge is 2.31. The maximum atomic E-state index is 5.34. The second kappa shape index (κ2) is 11.1. The van der Waals surface area contributed by atoms with Crippen LogP contribution in [0.3, 0.4) is 0 Å². The fraction of sp³-hybridized carbons (Fsp3) is 0.132. The lowest BCUT2D eigenvalue weighted by molar-refractivity contribution is 0.747. The fourth-order valence-corrected chi connectivity index (χ4v) is 5.81. The highest BCUT2D eigenvalue weighted by Crippen LogP contribution is 2.45. The molecule has 3 aromatic carbocycles. The van der Waals surface area contributed by atoms with E-state index in [-0.39, 0.29) is 5.92 Å². The van der Waals surface area contributed by atoms with Gasteiger partial charge in [-0.15, -0.1) is 0 Å². The third kappa shape index (κ3) is 5.13. The predicted molar refractivity (Wildman–Crippen MR) is 166 cm³/mol. The van der Waals surface area contributed by atoms with E-state index in [0.717, 1.165) is 41.7 Å². The second-order valence-corrected chi connectivity index (χ2v) is 10.4. The number of benzene rings is 3. The summed E-state index contributed by atoms with van der Waals surface area (Å²) in [5.41, 5.74) is 13.3. The van der Waals surface area contributed by atoms with E-state index in [2.05, 4.69) is 141 Å². The summed E-state index contributed by atoms with van der Waals surface area (Å²) in [5.74, 6) is 0.238. The van der Waals surface area contributed by atoms with Crippen LogP contribution in [0.25, 0.3) is 11.1 Å². The van der Waals surface area contributed by atoms with Crippen LogP contribution in [0.15, 0.2) is 167 Å². The topological polar surface area (TPSA) is 12.4 Å². The Kier molecular flexibility index (Phi) is 7.06. The quantitative estimate of drug-likeness (QED) is 0.297. The number of fused-ring (bicyclic) bond motifs is 1. The molecule has 1 heterocycles. The molecular formula is C38H33N. The average Bonchev–Trinajstić information content (AvgIpc) is 3.01. The monoisotopic (exact) mass is 503 g/mol. The minimum atomic E-state index is 0.238. The van der Waals surface area contributed by atoms with Crippen molar-refractivity contribution in [1.82, 2.24) is 0 Å². The molecule has 0 spiro atoms. The predicted octanol–water partition coefficient (Wildman–Crippen LogP) is 9.71. The van der Waals surface area contributed by atoms with Crippen LogP contribution < -0.4 is 0 Å². The van der Waals surface area contributed by atoms with Gasteiger partial charge in [0.2, 0.25) is 0 Å². The van der Waals surface area contributed by atoms with Gasteiger partial charge in [-0.1, -0.05) is 122 Å². The summed E-state index contributed by atoms with van der Waals surface area (Å²) >= 11 is 0. The Morgan fingerprint density at radius 1 is 0.872 bits per heavy atom.